The van der Waals surface area contributed by atoms with Crippen molar-refractivity contribution in [3.8, 4) is 11.5 Å². The third-order valence-corrected chi connectivity index (χ3v) is 3.72. The van der Waals surface area contributed by atoms with E-state index in [1.165, 1.54) is 0 Å². The molecule has 1 saturated heterocycles. The van der Waals surface area contributed by atoms with Gasteiger partial charge in [0.1, 0.15) is 0 Å². The molecule has 0 unspecified atom stereocenters. The second kappa shape index (κ2) is 6.13. The van der Waals surface area contributed by atoms with Crippen LogP contribution >= 0.6 is 0 Å². The summed E-state index contributed by atoms with van der Waals surface area (Å²) in [5.41, 5.74) is 1.58. The quantitative estimate of drug-likeness (QED) is 0.909. The topological polar surface area (TPSA) is 50.8 Å². The Morgan fingerprint density at radius 2 is 1.95 bits per heavy atom. The van der Waals surface area contributed by atoms with E-state index in [-0.39, 0.29) is 11.9 Å². The molecule has 0 saturated carbocycles. The van der Waals surface area contributed by atoms with Gasteiger partial charge in [-0.15, -0.1) is 0 Å². The summed E-state index contributed by atoms with van der Waals surface area (Å²) in [5.74, 6) is 1.29. The average molecular weight is 278 g/mol. The Morgan fingerprint density at radius 1 is 1.30 bits per heavy atom. The van der Waals surface area contributed by atoms with Crippen molar-refractivity contribution >= 4 is 5.91 Å². The zero-order valence-corrected chi connectivity index (χ0v) is 12.5. The van der Waals surface area contributed by atoms with Crippen LogP contribution in [0.4, 0.5) is 0 Å². The van der Waals surface area contributed by atoms with Crippen molar-refractivity contribution in [2.45, 2.75) is 19.9 Å². The highest BCUT2D eigenvalue weighted by atomic mass is 16.5. The van der Waals surface area contributed by atoms with E-state index in [0.29, 0.717) is 17.1 Å². The predicted molar refractivity (Wildman–Crippen MR) is 77.7 cm³/mol. The first-order valence-corrected chi connectivity index (χ1v) is 6.82. The van der Waals surface area contributed by atoms with Crippen molar-refractivity contribution < 1.29 is 14.3 Å². The first-order valence-electron chi connectivity index (χ1n) is 6.82. The molecule has 1 aliphatic heterocycles. The van der Waals surface area contributed by atoms with Crippen LogP contribution in [0.5, 0.6) is 11.5 Å². The van der Waals surface area contributed by atoms with Crippen LogP contribution in [0.3, 0.4) is 0 Å². The lowest BCUT2D eigenvalue weighted by atomic mass is 10.0. The zero-order valence-electron chi connectivity index (χ0n) is 12.5. The van der Waals surface area contributed by atoms with E-state index in [1.54, 1.807) is 20.3 Å². The van der Waals surface area contributed by atoms with E-state index in [1.807, 2.05) is 17.9 Å². The number of ether oxygens (including phenoxy) is 2. The van der Waals surface area contributed by atoms with Gasteiger partial charge in [0.15, 0.2) is 11.5 Å². The number of hydrogen-bond donors (Lipinski definition) is 1. The van der Waals surface area contributed by atoms with Crippen LogP contribution in [0, 0.1) is 6.92 Å². The Kier molecular flexibility index (Phi) is 4.49. The summed E-state index contributed by atoms with van der Waals surface area (Å²) in [4.78, 5) is 14.6. The summed E-state index contributed by atoms with van der Waals surface area (Å²) in [7, 11) is 3.17. The maximum absolute atomic E-state index is 12.7. The number of carbonyl (C=O) groups is 1. The van der Waals surface area contributed by atoms with E-state index >= 15 is 0 Å². The summed E-state index contributed by atoms with van der Waals surface area (Å²) < 4.78 is 10.5. The van der Waals surface area contributed by atoms with Gasteiger partial charge < -0.3 is 19.7 Å². The average Bonchev–Trinajstić information content (AvgIpc) is 2.46. The van der Waals surface area contributed by atoms with Gasteiger partial charge in [-0.3, -0.25) is 4.79 Å². The highest BCUT2D eigenvalue weighted by molar-refractivity contribution is 5.96. The molecule has 1 aromatic carbocycles. The maximum Gasteiger partial charge on any atom is 0.254 e. The van der Waals surface area contributed by atoms with Gasteiger partial charge >= 0.3 is 0 Å². The highest BCUT2D eigenvalue weighted by Crippen LogP contribution is 2.31. The van der Waals surface area contributed by atoms with E-state index in [2.05, 4.69) is 12.2 Å². The van der Waals surface area contributed by atoms with E-state index in [4.69, 9.17) is 9.47 Å². The molecular weight excluding hydrogens is 256 g/mol. The number of methoxy groups -OCH3 is 2. The molecule has 1 atom stereocenters. The van der Waals surface area contributed by atoms with Crippen LogP contribution < -0.4 is 14.8 Å². The molecule has 2 rings (SSSR count). The largest absolute Gasteiger partial charge is 0.493 e. The molecule has 0 spiro atoms. The third-order valence-electron chi connectivity index (χ3n) is 3.72. The minimum absolute atomic E-state index is 0.0532. The molecule has 0 bridgehead atoms. The van der Waals surface area contributed by atoms with Crippen LogP contribution in [0.15, 0.2) is 12.1 Å². The number of hydrogen-bond acceptors (Lipinski definition) is 4. The minimum atomic E-state index is 0.0532. The molecule has 1 aromatic rings. The fraction of sp³-hybridized carbons (Fsp3) is 0.533. The molecule has 1 heterocycles. The first-order chi connectivity index (χ1) is 9.58. The predicted octanol–water partition coefficient (Wildman–Crippen LogP) is 1.45. The number of rotatable bonds is 3. The zero-order chi connectivity index (χ0) is 14.7. The third kappa shape index (κ3) is 2.72. The summed E-state index contributed by atoms with van der Waals surface area (Å²) in [6.07, 6.45) is 0. The second-order valence-electron chi connectivity index (χ2n) is 5.07. The van der Waals surface area contributed by atoms with Crippen molar-refractivity contribution in [1.29, 1.82) is 0 Å². The van der Waals surface area contributed by atoms with Gasteiger partial charge in [0.25, 0.3) is 5.91 Å². The molecule has 1 aliphatic rings. The summed E-state index contributed by atoms with van der Waals surface area (Å²) in [5, 5.41) is 3.29. The number of benzene rings is 1. The Bertz CT molecular complexity index is 502. The molecule has 5 heteroatoms. The molecule has 0 aliphatic carbocycles. The van der Waals surface area contributed by atoms with Crippen molar-refractivity contribution in [2.24, 2.45) is 0 Å². The Balaban J connectivity index is 2.34. The monoisotopic (exact) mass is 278 g/mol. The fourth-order valence-corrected chi connectivity index (χ4v) is 2.51. The summed E-state index contributed by atoms with van der Waals surface area (Å²) in [6, 6.07) is 3.81. The lowest BCUT2D eigenvalue weighted by Crippen LogP contribution is -2.52. The van der Waals surface area contributed by atoms with Gasteiger partial charge in [-0.25, -0.2) is 0 Å². The van der Waals surface area contributed by atoms with Gasteiger partial charge in [-0.2, -0.15) is 0 Å². The standard InChI is InChI=1S/C15H22N2O3/c1-10-7-13(19-3)14(20-4)8-12(10)15(18)17-6-5-16-9-11(17)2/h7-8,11,16H,5-6,9H2,1-4H3/t11-/m1/s1. The number of carbonyl (C=O) groups excluding carboxylic acids is 1. The van der Waals surface area contributed by atoms with Gasteiger partial charge in [-0.05, 0) is 31.5 Å². The summed E-state index contributed by atoms with van der Waals surface area (Å²) >= 11 is 0. The fourth-order valence-electron chi connectivity index (χ4n) is 2.51. The van der Waals surface area contributed by atoms with Crippen molar-refractivity contribution in [3.63, 3.8) is 0 Å². The van der Waals surface area contributed by atoms with Crippen molar-refractivity contribution in [2.75, 3.05) is 33.9 Å². The molecule has 1 fully saturated rings. The molecular formula is C15H22N2O3. The summed E-state index contributed by atoms with van der Waals surface area (Å²) in [6.45, 7) is 6.37. The number of piperazine rings is 1. The van der Waals surface area contributed by atoms with Gasteiger partial charge in [0.2, 0.25) is 0 Å². The molecule has 20 heavy (non-hydrogen) atoms. The molecule has 1 amide bonds. The van der Waals surface area contributed by atoms with Crippen molar-refractivity contribution in [1.82, 2.24) is 10.2 Å². The van der Waals surface area contributed by atoms with Crippen molar-refractivity contribution in [3.05, 3.63) is 23.3 Å². The lowest BCUT2D eigenvalue weighted by Gasteiger charge is -2.34. The van der Waals surface area contributed by atoms with E-state index in [9.17, 15) is 4.79 Å². The van der Waals surface area contributed by atoms with Gasteiger partial charge in [0, 0.05) is 31.2 Å². The van der Waals surface area contributed by atoms with Crippen LogP contribution in [-0.2, 0) is 0 Å². The molecule has 5 nitrogen and oxygen atoms in total. The molecule has 110 valence electrons. The smallest absolute Gasteiger partial charge is 0.254 e. The Hall–Kier alpha value is -1.75. The first kappa shape index (κ1) is 14.7. The van der Waals surface area contributed by atoms with E-state index in [0.717, 1.165) is 25.2 Å². The van der Waals surface area contributed by atoms with E-state index < -0.39 is 0 Å². The van der Waals surface area contributed by atoms with Crippen LogP contribution in [0.25, 0.3) is 0 Å². The Morgan fingerprint density at radius 3 is 2.55 bits per heavy atom. The normalized spacial score (nSPS) is 18.8. The van der Waals surface area contributed by atoms with Crippen LogP contribution in [0.1, 0.15) is 22.8 Å². The highest BCUT2D eigenvalue weighted by Gasteiger charge is 2.26. The van der Waals surface area contributed by atoms with Gasteiger partial charge in [0.05, 0.1) is 14.2 Å². The number of amides is 1. The maximum atomic E-state index is 12.7. The number of aryl methyl sites for hydroxylation is 1. The lowest BCUT2D eigenvalue weighted by molar-refractivity contribution is 0.0654. The van der Waals surface area contributed by atoms with Gasteiger partial charge in [-0.1, -0.05) is 0 Å². The molecule has 0 aromatic heterocycles. The Labute approximate surface area is 119 Å². The SMILES string of the molecule is COc1cc(C)c(C(=O)N2CCNC[C@H]2C)cc1OC. The molecule has 1 N–H and O–H groups in total. The second-order valence-corrected chi connectivity index (χ2v) is 5.07. The van der Waals surface area contributed by atoms with Crippen LogP contribution in [-0.4, -0.2) is 50.7 Å². The molecule has 0 radical (unpaired) electrons. The minimum Gasteiger partial charge on any atom is -0.493 e. The number of nitrogens with zero attached hydrogens (tertiary/aromatic N) is 1. The van der Waals surface area contributed by atoms with Crippen LogP contribution in [0.2, 0.25) is 0 Å². The number of nitrogens with one attached hydrogen (secondary N) is 1.